The Labute approximate surface area is 93.0 Å². The average molecular weight is 200 g/mol. The van der Waals surface area contributed by atoms with Gasteiger partial charge < -0.3 is 0 Å². The third-order valence-electron chi connectivity index (χ3n) is 3.42. The molecule has 1 aliphatic rings. The number of rotatable bonds is 2. The normalized spacial score (nSPS) is 17.5. The molecule has 15 heavy (non-hydrogen) atoms. The lowest BCUT2D eigenvalue weighted by Gasteiger charge is -2.18. The Morgan fingerprint density at radius 1 is 1.40 bits per heavy atom. The Morgan fingerprint density at radius 2 is 2.13 bits per heavy atom. The standard InChI is InChI=1S/C15H20/c1-11(2)9-12-5-6-14-13(10-12)7-8-15(14,3)4/h5-6,10H,1,7-9H2,2-4H3. The van der Waals surface area contributed by atoms with Crippen molar-refractivity contribution >= 4 is 0 Å². The van der Waals surface area contributed by atoms with Gasteiger partial charge in [0.25, 0.3) is 0 Å². The second-order valence-corrected chi connectivity index (χ2v) is 5.51. The fourth-order valence-electron chi connectivity index (χ4n) is 2.55. The van der Waals surface area contributed by atoms with E-state index in [1.165, 1.54) is 24.0 Å². The summed E-state index contributed by atoms with van der Waals surface area (Å²) in [6.45, 7) is 10.8. The van der Waals surface area contributed by atoms with Crippen LogP contribution in [0.1, 0.15) is 43.9 Å². The van der Waals surface area contributed by atoms with E-state index in [-0.39, 0.29) is 0 Å². The van der Waals surface area contributed by atoms with E-state index < -0.39 is 0 Å². The molecule has 0 N–H and O–H groups in total. The van der Waals surface area contributed by atoms with Crippen LogP contribution in [-0.2, 0) is 18.3 Å². The van der Waals surface area contributed by atoms with Crippen LogP contribution in [0.15, 0.2) is 30.4 Å². The van der Waals surface area contributed by atoms with Gasteiger partial charge in [0.05, 0.1) is 0 Å². The quantitative estimate of drug-likeness (QED) is 0.632. The minimum absolute atomic E-state index is 0.386. The predicted octanol–water partition coefficient (Wildman–Crippen LogP) is 4.03. The molecule has 80 valence electrons. The summed E-state index contributed by atoms with van der Waals surface area (Å²) >= 11 is 0. The van der Waals surface area contributed by atoms with Crippen molar-refractivity contribution in [3.05, 3.63) is 47.0 Å². The summed E-state index contributed by atoms with van der Waals surface area (Å²) in [6.07, 6.45) is 3.55. The van der Waals surface area contributed by atoms with Gasteiger partial charge in [0.1, 0.15) is 0 Å². The summed E-state index contributed by atoms with van der Waals surface area (Å²) in [7, 11) is 0. The number of aryl methyl sites for hydroxylation is 1. The van der Waals surface area contributed by atoms with Gasteiger partial charge in [-0.3, -0.25) is 0 Å². The Hall–Kier alpha value is -1.04. The maximum Gasteiger partial charge on any atom is -0.00725 e. The first kappa shape index (κ1) is 10.5. The summed E-state index contributed by atoms with van der Waals surface area (Å²) in [5.74, 6) is 0. The van der Waals surface area contributed by atoms with E-state index in [9.17, 15) is 0 Å². The maximum atomic E-state index is 3.97. The van der Waals surface area contributed by atoms with Crippen LogP contribution in [0.4, 0.5) is 0 Å². The second kappa shape index (κ2) is 3.52. The lowest BCUT2D eigenvalue weighted by atomic mass is 9.86. The number of hydrogen-bond donors (Lipinski definition) is 0. The molecule has 0 amide bonds. The molecule has 0 heteroatoms. The Morgan fingerprint density at radius 3 is 2.80 bits per heavy atom. The van der Waals surface area contributed by atoms with E-state index in [4.69, 9.17) is 0 Å². The molecule has 0 aliphatic heterocycles. The Bertz CT molecular complexity index is 396. The SMILES string of the molecule is C=C(C)Cc1ccc2c(c1)CCC2(C)C. The molecule has 2 rings (SSSR count). The number of allylic oxidation sites excluding steroid dienone is 1. The van der Waals surface area contributed by atoms with Gasteiger partial charge in [0.2, 0.25) is 0 Å². The van der Waals surface area contributed by atoms with Crippen molar-refractivity contribution in [2.24, 2.45) is 0 Å². The molecular formula is C15H20. The van der Waals surface area contributed by atoms with Gasteiger partial charge in [-0.2, -0.15) is 0 Å². The van der Waals surface area contributed by atoms with Gasteiger partial charge >= 0.3 is 0 Å². The van der Waals surface area contributed by atoms with Crippen molar-refractivity contribution in [3.63, 3.8) is 0 Å². The summed E-state index contributed by atoms with van der Waals surface area (Å²) in [6, 6.07) is 6.96. The van der Waals surface area contributed by atoms with Crippen molar-refractivity contribution in [1.29, 1.82) is 0 Å². The van der Waals surface area contributed by atoms with Crippen LogP contribution in [-0.4, -0.2) is 0 Å². The van der Waals surface area contributed by atoms with E-state index >= 15 is 0 Å². The molecule has 1 aromatic carbocycles. The highest BCUT2D eigenvalue weighted by Crippen LogP contribution is 2.38. The first-order chi connectivity index (χ1) is 6.99. The van der Waals surface area contributed by atoms with Crippen LogP contribution in [0.5, 0.6) is 0 Å². The van der Waals surface area contributed by atoms with Crippen molar-refractivity contribution < 1.29 is 0 Å². The van der Waals surface area contributed by atoms with Crippen LogP contribution in [0.25, 0.3) is 0 Å². The molecule has 0 spiro atoms. The Kier molecular flexibility index (Phi) is 2.46. The van der Waals surface area contributed by atoms with E-state index in [1.54, 1.807) is 11.1 Å². The highest BCUT2D eigenvalue weighted by molar-refractivity contribution is 5.41. The minimum atomic E-state index is 0.386. The molecule has 0 saturated carbocycles. The van der Waals surface area contributed by atoms with E-state index in [1.807, 2.05) is 0 Å². The first-order valence-electron chi connectivity index (χ1n) is 5.76. The molecule has 0 saturated heterocycles. The lowest BCUT2D eigenvalue weighted by Crippen LogP contribution is -2.11. The molecule has 0 bridgehead atoms. The van der Waals surface area contributed by atoms with Gasteiger partial charge in [-0.15, -0.1) is 0 Å². The molecule has 0 unspecified atom stereocenters. The fraction of sp³-hybridized carbons (Fsp3) is 0.467. The molecule has 0 nitrogen and oxygen atoms in total. The molecule has 0 fully saturated rings. The summed E-state index contributed by atoms with van der Waals surface area (Å²) in [5.41, 5.74) is 6.15. The topological polar surface area (TPSA) is 0 Å². The van der Waals surface area contributed by atoms with Crippen molar-refractivity contribution in [1.82, 2.24) is 0 Å². The Balaban J connectivity index is 2.33. The zero-order valence-electron chi connectivity index (χ0n) is 10.1. The second-order valence-electron chi connectivity index (χ2n) is 5.51. The van der Waals surface area contributed by atoms with Gasteiger partial charge in [0.15, 0.2) is 0 Å². The molecule has 0 aromatic heterocycles. The van der Waals surface area contributed by atoms with E-state index in [2.05, 4.69) is 45.5 Å². The van der Waals surface area contributed by atoms with Crippen LogP contribution >= 0.6 is 0 Å². The van der Waals surface area contributed by atoms with Crippen molar-refractivity contribution in [2.75, 3.05) is 0 Å². The molecular weight excluding hydrogens is 180 g/mol. The van der Waals surface area contributed by atoms with Crippen molar-refractivity contribution in [3.8, 4) is 0 Å². The zero-order chi connectivity index (χ0) is 11.1. The first-order valence-corrected chi connectivity index (χ1v) is 5.76. The smallest absolute Gasteiger partial charge is 0.00725 e. The van der Waals surface area contributed by atoms with Gasteiger partial charge in [0, 0.05) is 0 Å². The molecule has 0 heterocycles. The fourth-order valence-corrected chi connectivity index (χ4v) is 2.55. The van der Waals surface area contributed by atoms with Crippen LogP contribution in [0, 0.1) is 0 Å². The minimum Gasteiger partial charge on any atom is -0.0998 e. The highest BCUT2D eigenvalue weighted by atomic mass is 14.3. The monoisotopic (exact) mass is 200 g/mol. The molecule has 0 radical (unpaired) electrons. The van der Waals surface area contributed by atoms with Gasteiger partial charge in [-0.05, 0) is 48.3 Å². The average Bonchev–Trinajstić information content (AvgIpc) is 2.41. The van der Waals surface area contributed by atoms with Gasteiger partial charge in [-0.1, -0.05) is 44.2 Å². The predicted molar refractivity (Wildman–Crippen MR) is 66.3 cm³/mol. The molecule has 1 aliphatic carbocycles. The third-order valence-corrected chi connectivity index (χ3v) is 3.42. The lowest BCUT2D eigenvalue weighted by molar-refractivity contribution is 0.522. The highest BCUT2D eigenvalue weighted by Gasteiger charge is 2.29. The van der Waals surface area contributed by atoms with Crippen LogP contribution in [0.2, 0.25) is 0 Å². The van der Waals surface area contributed by atoms with Gasteiger partial charge in [-0.25, -0.2) is 0 Å². The zero-order valence-corrected chi connectivity index (χ0v) is 10.1. The molecule has 1 aromatic rings. The summed E-state index contributed by atoms with van der Waals surface area (Å²) in [4.78, 5) is 0. The number of hydrogen-bond acceptors (Lipinski definition) is 0. The summed E-state index contributed by atoms with van der Waals surface area (Å²) in [5, 5.41) is 0. The largest absolute Gasteiger partial charge is 0.0998 e. The van der Waals surface area contributed by atoms with Crippen LogP contribution < -0.4 is 0 Å². The third kappa shape index (κ3) is 1.99. The number of fused-ring (bicyclic) bond motifs is 1. The molecule has 0 atom stereocenters. The van der Waals surface area contributed by atoms with Crippen LogP contribution in [0.3, 0.4) is 0 Å². The maximum absolute atomic E-state index is 3.97. The van der Waals surface area contributed by atoms with Crippen molar-refractivity contribution in [2.45, 2.75) is 45.4 Å². The van der Waals surface area contributed by atoms with E-state index in [0.29, 0.717) is 5.41 Å². The number of benzene rings is 1. The van der Waals surface area contributed by atoms with E-state index in [0.717, 1.165) is 6.42 Å². The summed E-state index contributed by atoms with van der Waals surface area (Å²) < 4.78 is 0.